The fourth-order valence-corrected chi connectivity index (χ4v) is 1.54. The molecule has 13 heavy (non-hydrogen) atoms. The molecule has 0 aliphatic heterocycles. The molecule has 6 heteroatoms. The second-order valence-corrected chi connectivity index (χ2v) is 3.34. The highest BCUT2D eigenvalue weighted by Crippen LogP contribution is 2.47. The van der Waals surface area contributed by atoms with Gasteiger partial charge in [0.25, 0.3) is 5.92 Å². The molecule has 0 bridgehead atoms. The standard InChI is InChI=1S/C7H13F2N3O/c8-7(9)3-6(4-7,5-13)12(11)2-1-10/h1-2,13H,3-5,10-11H2/b2-1-. The van der Waals surface area contributed by atoms with Crippen LogP contribution in [0.4, 0.5) is 8.78 Å². The average molecular weight is 193 g/mol. The van der Waals surface area contributed by atoms with Crippen LogP contribution < -0.4 is 11.6 Å². The van der Waals surface area contributed by atoms with Crippen molar-refractivity contribution in [3.8, 4) is 0 Å². The zero-order chi connectivity index (χ0) is 10.1. The van der Waals surface area contributed by atoms with Gasteiger partial charge in [0.1, 0.15) is 0 Å². The summed E-state index contributed by atoms with van der Waals surface area (Å²) in [6.07, 6.45) is 1.55. The van der Waals surface area contributed by atoms with E-state index in [2.05, 4.69) is 0 Å². The first-order chi connectivity index (χ1) is 5.96. The van der Waals surface area contributed by atoms with Crippen molar-refractivity contribution in [3.05, 3.63) is 12.4 Å². The molecule has 0 amide bonds. The van der Waals surface area contributed by atoms with Crippen LogP contribution >= 0.6 is 0 Å². The van der Waals surface area contributed by atoms with E-state index in [1.54, 1.807) is 0 Å². The topological polar surface area (TPSA) is 75.5 Å². The second kappa shape index (κ2) is 3.12. The van der Waals surface area contributed by atoms with E-state index < -0.39 is 30.9 Å². The van der Waals surface area contributed by atoms with Crippen LogP contribution in [0.3, 0.4) is 0 Å². The lowest BCUT2D eigenvalue weighted by molar-refractivity contribution is -0.180. The normalized spacial score (nSPS) is 24.3. The Balaban J connectivity index is 2.64. The van der Waals surface area contributed by atoms with E-state index in [0.29, 0.717) is 0 Å². The number of hydrogen-bond donors (Lipinski definition) is 3. The molecule has 0 saturated heterocycles. The first-order valence-corrected chi connectivity index (χ1v) is 3.87. The SMILES string of the molecule is N/C=C\N(N)C1(CO)CC(F)(F)C1. The van der Waals surface area contributed by atoms with Crippen LogP contribution in [-0.2, 0) is 0 Å². The van der Waals surface area contributed by atoms with Crippen molar-refractivity contribution >= 4 is 0 Å². The van der Waals surface area contributed by atoms with Crippen LogP contribution in [0.15, 0.2) is 12.4 Å². The molecule has 1 fully saturated rings. The lowest BCUT2D eigenvalue weighted by Crippen LogP contribution is -2.65. The smallest absolute Gasteiger partial charge is 0.252 e. The molecule has 0 atom stereocenters. The van der Waals surface area contributed by atoms with E-state index in [1.807, 2.05) is 0 Å². The van der Waals surface area contributed by atoms with Gasteiger partial charge in [-0.05, 0) is 0 Å². The van der Waals surface area contributed by atoms with E-state index in [4.69, 9.17) is 16.7 Å². The monoisotopic (exact) mass is 193 g/mol. The van der Waals surface area contributed by atoms with Gasteiger partial charge in [0.05, 0.1) is 12.1 Å². The summed E-state index contributed by atoms with van der Waals surface area (Å²) in [5, 5.41) is 9.98. The zero-order valence-electron chi connectivity index (χ0n) is 7.08. The summed E-state index contributed by atoms with van der Waals surface area (Å²) in [7, 11) is 0. The molecule has 4 nitrogen and oxygen atoms in total. The molecule has 1 aliphatic carbocycles. The fraction of sp³-hybridized carbons (Fsp3) is 0.714. The molecule has 0 aromatic heterocycles. The number of halogens is 2. The predicted molar refractivity (Wildman–Crippen MR) is 43.4 cm³/mol. The third kappa shape index (κ3) is 1.73. The molecule has 0 unspecified atom stereocenters. The maximum absolute atomic E-state index is 12.6. The lowest BCUT2D eigenvalue weighted by atomic mass is 9.73. The van der Waals surface area contributed by atoms with Crippen molar-refractivity contribution in [2.45, 2.75) is 24.3 Å². The van der Waals surface area contributed by atoms with Crippen LogP contribution in [0, 0.1) is 0 Å². The highest BCUT2D eigenvalue weighted by atomic mass is 19.3. The molecule has 0 radical (unpaired) electrons. The number of rotatable bonds is 3. The van der Waals surface area contributed by atoms with Crippen LogP contribution in [0.2, 0.25) is 0 Å². The van der Waals surface area contributed by atoms with Gasteiger partial charge in [-0.15, -0.1) is 0 Å². The number of nitrogens with two attached hydrogens (primary N) is 2. The molecular weight excluding hydrogens is 180 g/mol. The van der Waals surface area contributed by atoms with Crippen LogP contribution in [0.25, 0.3) is 0 Å². The Labute approximate surface area is 74.8 Å². The number of hydrogen-bond acceptors (Lipinski definition) is 4. The summed E-state index contributed by atoms with van der Waals surface area (Å²) in [5.41, 5.74) is 4.01. The van der Waals surface area contributed by atoms with Gasteiger partial charge in [-0.1, -0.05) is 0 Å². The molecule has 0 heterocycles. The van der Waals surface area contributed by atoms with Gasteiger partial charge >= 0.3 is 0 Å². The van der Waals surface area contributed by atoms with Crippen LogP contribution in [0.1, 0.15) is 12.8 Å². The quantitative estimate of drug-likeness (QED) is 0.427. The third-order valence-electron chi connectivity index (χ3n) is 2.26. The summed E-state index contributed by atoms with van der Waals surface area (Å²) < 4.78 is 25.1. The maximum Gasteiger partial charge on any atom is 0.252 e. The van der Waals surface area contributed by atoms with Crippen molar-refractivity contribution in [2.24, 2.45) is 11.6 Å². The zero-order valence-corrected chi connectivity index (χ0v) is 7.08. The fourth-order valence-electron chi connectivity index (χ4n) is 1.54. The first-order valence-electron chi connectivity index (χ1n) is 3.87. The summed E-state index contributed by atoms with van der Waals surface area (Å²) in [6, 6.07) is 0. The maximum atomic E-state index is 12.6. The lowest BCUT2D eigenvalue weighted by Gasteiger charge is -2.50. The van der Waals surface area contributed by atoms with Crippen LogP contribution in [-0.4, -0.2) is 28.2 Å². The predicted octanol–water partition coefficient (Wildman–Crippen LogP) is -0.248. The Hall–Kier alpha value is -0.880. The number of hydrazine groups is 1. The minimum atomic E-state index is -2.72. The van der Waals surface area contributed by atoms with Crippen molar-refractivity contribution in [1.82, 2.24) is 5.01 Å². The average Bonchev–Trinajstić information content (AvgIpc) is 1.99. The number of alkyl halides is 2. The highest BCUT2D eigenvalue weighted by Gasteiger charge is 2.58. The van der Waals surface area contributed by atoms with Gasteiger partial charge in [0.2, 0.25) is 0 Å². The van der Waals surface area contributed by atoms with Gasteiger partial charge in [-0.3, -0.25) is 0 Å². The number of aliphatic hydroxyl groups is 1. The van der Waals surface area contributed by atoms with Crippen molar-refractivity contribution in [1.29, 1.82) is 0 Å². The van der Waals surface area contributed by atoms with Gasteiger partial charge in [-0.25, -0.2) is 14.6 Å². The Morgan fingerprint density at radius 1 is 1.46 bits per heavy atom. The summed E-state index contributed by atoms with van der Waals surface area (Å²) in [5.74, 6) is 2.71. The Morgan fingerprint density at radius 3 is 2.31 bits per heavy atom. The molecule has 1 rings (SSSR count). The van der Waals surface area contributed by atoms with E-state index >= 15 is 0 Å². The van der Waals surface area contributed by atoms with Gasteiger partial charge in [-0.2, -0.15) is 0 Å². The molecule has 0 spiro atoms. The Kier molecular flexibility index (Phi) is 2.44. The van der Waals surface area contributed by atoms with Crippen LogP contribution in [0.5, 0.6) is 0 Å². The molecule has 1 aliphatic rings. The van der Waals surface area contributed by atoms with Gasteiger partial charge in [0, 0.05) is 25.2 Å². The highest BCUT2D eigenvalue weighted by molar-refractivity contribution is 5.07. The summed E-state index contributed by atoms with van der Waals surface area (Å²) in [4.78, 5) is 0. The van der Waals surface area contributed by atoms with E-state index in [-0.39, 0.29) is 0 Å². The molecule has 5 N–H and O–H groups in total. The summed E-state index contributed by atoms with van der Waals surface area (Å²) in [6.45, 7) is -0.399. The van der Waals surface area contributed by atoms with E-state index in [1.165, 1.54) is 6.20 Å². The van der Waals surface area contributed by atoms with Crippen molar-refractivity contribution in [3.63, 3.8) is 0 Å². The molecule has 76 valence electrons. The first kappa shape index (κ1) is 10.2. The largest absolute Gasteiger partial charge is 0.403 e. The molecular formula is C7H13F2N3O. The van der Waals surface area contributed by atoms with Crippen molar-refractivity contribution < 1.29 is 13.9 Å². The van der Waals surface area contributed by atoms with Gasteiger partial charge in [0.15, 0.2) is 0 Å². The minimum absolute atomic E-state index is 0.399. The minimum Gasteiger partial charge on any atom is -0.403 e. The Morgan fingerprint density at radius 2 is 2.00 bits per heavy atom. The summed E-state index contributed by atoms with van der Waals surface area (Å²) >= 11 is 0. The molecule has 0 aromatic rings. The molecule has 1 saturated carbocycles. The number of nitrogens with zero attached hydrogens (tertiary/aromatic N) is 1. The van der Waals surface area contributed by atoms with Crippen molar-refractivity contribution in [2.75, 3.05) is 6.61 Å². The van der Waals surface area contributed by atoms with E-state index in [9.17, 15) is 8.78 Å². The van der Waals surface area contributed by atoms with Gasteiger partial charge < -0.3 is 15.8 Å². The molecule has 0 aromatic carbocycles. The Bertz CT molecular complexity index is 212. The third-order valence-corrected chi connectivity index (χ3v) is 2.26. The number of aliphatic hydroxyl groups excluding tert-OH is 1. The second-order valence-electron chi connectivity index (χ2n) is 3.34. The van der Waals surface area contributed by atoms with E-state index in [0.717, 1.165) is 11.2 Å².